The lowest BCUT2D eigenvalue weighted by Gasteiger charge is -2.23. The van der Waals surface area contributed by atoms with Gasteiger partial charge in [-0.05, 0) is 63.1 Å². The lowest BCUT2D eigenvalue weighted by molar-refractivity contribution is 0.0303. The Balaban J connectivity index is 1.31. The van der Waals surface area contributed by atoms with Crippen LogP contribution in [0.25, 0.3) is 16.8 Å². The standard InChI is InChI=1S/C27H34N6O5S2/c1-3-19-14-20(31-39(34,35)17-21-6-4-5-13-38-21)15-23(19)26-30-29-25-16-28-27-24(33(25)26)11-12-32(27)40(36,37)22-9-7-18(2)8-10-22/h7-12,16,19-21,23,31H,3-6,13-15,17H2,1-2H3/t19-,20+,21?,23+/m1/s1. The van der Waals surface area contributed by atoms with Gasteiger partial charge in [0.05, 0.1) is 28.5 Å². The molecule has 1 aliphatic heterocycles. The monoisotopic (exact) mass is 586 g/mol. The lowest BCUT2D eigenvalue weighted by atomic mass is 9.93. The normalized spacial score (nSPS) is 24.2. The van der Waals surface area contributed by atoms with Crippen LogP contribution < -0.4 is 4.72 Å². The van der Waals surface area contributed by atoms with Crippen LogP contribution in [-0.2, 0) is 24.8 Å². The molecule has 4 atom stereocenters. The molecule has 2 fully saturated rings. The van der Waals surface area contributed by atoms with E-state index >= 15 is 0 Å². The van der Waals surface area contributed by atoms with E-state index in [2.05, 4.69) is 26.8 Å². The zero-order valence-electron chi connectivity index (χ0n) is 22.6. The van der Waals surface area contributed by atoms with Gasteiger partial charge in [0, 0.05) is 24.8 Å². The first-order valence-electron chi connectivity index (χ1n) is 13.8. The molecule has 1 N–H and O–H groups in total. The summed E-state index contributed by atoms with van der Waals surface area (Å²) in [6.45, 7) is 4.61. The first-order chi connectivity index (χ1) is 19.2. The average molecular weight is 587 g/mol. The number of sulfonamides is 1. The highest BCUT2D eigenvalue weighted by molar-refractivity contribution is 7.90. The fraction of sp³-hybridized carbons (Fsp3) is 0.519. The van der Waals surface area contributed by atoms with E-state index in [1.54, 1.807) is 30.3 Å². The number of nitrogens with zero attached hydrogens (tertiary/aromatic N) is 5. The maximum absolute atomic E-state index is 13.5. The fourth-order valence-electron chi connectivity index (χ4n) is 6.18. The molecule has 13 heteroatoms. The highest BCUT2D eigenvalue weighted by Gasteiger charge is 2.39. The third-order valence-corrected chi connectivity index (χ3v) is 11.4. The molecule has 6 rings (SSSR count). The minimum absolute atomic E-state index is 0.0198. The van der Waals surface area contributed by atoms with Crippen molar-refractivity contribution < 1.29 is 21.6 Å². The van der Waals surface area contributed by atoms with Gasteiger partial charge in [0.1, 0.15) is 5.82 Å². The zero-order valence-corrected chi connectivity index (χ0v) is 24.2. The Hall–Kier alpha value is -2.87. The van der Waals surface area contributed by atoms with Crippen molar-refractivity contribution in [2.75, 3.05) is 12.4 Å². The molecule has 2 aliphatic rings. The molecule has 4 aromatic rings. The van der Waals surface area contributed by atoms with Gasteiger partial charge in [0.25, 0.3) is 10.0 Å². The summed E-state index contributed by atoms with van der Waals surface area (Å²) in [7, 11) is -7.37. The third kappa shape index (κ3) is 5.04. The van der Waals surface area contributed by atoms with E-state index in [4.69, 9.17) is 4.74 Å². The Morgan fingerprint density at radius 1 is 1.05 bits per heavy atom. The van der Waals surface area contributed by atoms with E-state index < -0.39 is 20.0 Å². The second kappa shape index (κ2) is 10.5. The molecule has 0 bridgehead atoms. The van der Waals surface area contributed by atoms with Gasteiger partial charge in [-0.25, -0.2) is 30.5 Å². The lowest BCUT2D eigenvalue weighted by Crippen LogP contribution is -2.39. The van der Waals surface area contributed by atoms with Crippen LogP contribution in [-0.4, -0.2) is 64.9 Å². The van der Waals surface area contributed by atoms with Crippen molar-refractivity contribution in [3.63, 3.8) is 0 Å². The molecule has 1 aliphatic carbocycles. The Labute approximate surface area is 234 Å². The summed E-state index contributed by atoms with van der Waals surface area (Å²) in [5.74, 6) is 0.805. The van der Waals surface area contributed by atoms with Crippen LogP contribution in [0, 0.1) is 12.8 Å². The number of aromatic nitrogens is 5. The van der Waals surface area contributed by atoms with Crippen molar-refractivity contribution in [2.24, 2.45) is 5.92 Å². The topological polar surface area (TPSA) is 138 Å². The van der Waals surface area contributed by atoms with E-state index in [1.165, 1.54) is 16.4 Å². The molecular weight excluding hydrogens is 552 g/mol. The van der Waals surface area contributed by atoms with Crippen LogP contribution in [0.1, 0.15) is 62.8 Å². The maximum Gasteiger partial charge on any atom is 0.269 e. The van der Waals surface area contributed by atoms with E-state index in [0.29, 0.717) is 36.4 Å². The summed E-state index contributed by atoms with van der Waals surface area (Å²) in [6, 6.07) is 8.20. The summed E-state index contributed by atoms with van der Waals surface area (Å²) < 4.78 is 64.5. The molecule has 3 aromatic heterocycles. The Bertz CT molecular complexity index is 1740. The van der Waals surface area contributed by atoms with Gasteiger partial charge in [-0.3, -0.25) is 4.40 Å². The Morgan fingerprint density at radius 3 is 2.58 bits per heavy atom. The number of hydrogen-bond acceptors (Lipinski definition) is 8. The van der Waals surface area contributed by atoms with Crippen LogP contribution >= 0.6 is 0 Å². The molecule has 0 radical (unpaired) electrons. The highest BCUT2D eigenvalue weighted by Crippen LogP contribution is 2.42. The molecule has 4 heterocycles. The van der Waals surface area contributed by atoms with Crippen molar-refractivity contribution in [3.05, 3.63) is 54.1 Å². The second-order valence-corrected chi connectivity index (χ2v) is 14.6. The van der Waals surface area contributed by atoms with Gasteiger partial charge in [0.15, 0.2) is 11.3 Å². The van der Waals surface area contributed by atoms with Gasteiger partial charge in [-0.1, -0.05) is 31.0 Å². The predicted octanol–water partition coefficient (Wildman–Crippen LogP) is 3.39. The van der Waals surface area contributed by atoms with Gasteiger partial charge >= 0.3 is 0 Å². The third-order valence-electron chi connectivity index (χ3n) is 8.22. The van der Waals surface area contributed by atoms with Gasteiger partial charge in [0.2, 0.25) is 10.0 Å². The molecular formula is C27H34N6O5S2. The maximum atomic E-state index is 13.5. The van der Waals surface area contributed by atoms with Crippen molar-refractivity contribution in [2.45, 2.75) is 75.3 Å². The van der Waals surface area contributed by atoms with Crippen LogP contribution in [0.3, 0.4) is 0 Å². The molecule has 0 amide bonds. The minimum atomic E-state index is -3.87. The van der Waals surface area contributed by atoms with Crippen molar-refractivity contribution in [1.29, 1.82) is 0 Å². The Morgan fingerprint density at radius 2 is 1.85 bits per heavy atom. The number of rotatable bonds is 8. The number of aryl methyl sites for hydroxylation is 1. The summed E-state index contributed by atoms with van der Waals surface area (Å²) in [4.78, 5) is 4.61. The van der Waals surface area contributed by atoms with E-state index in [1.807, 2.05) is 11.3 Å². The zero-order chi connectivity index (χ0) is 28.1. The van der Waals surface area contributed by atoms with Crippen molar-refractivity contribution in [3.8, 4) is 0 Å². The minimum Gasteiger partial charge on any atom is -0.377 e. The quantitative estimate of drug-likeness (QED) is 0.332. The first kappa shape index (κ1) is 27.3. The molecule has 1 aromatic carbocycles. The largest absolute Gasteiger partial charge is 0.377 e. The van der Waals surface area contributed by atoms with Gasteiger partial charge < -0.3 is 4.74 Å². The summed E-state index contributed by atoms with van der Waals surface area (Å²) in [5, 5.41) is 8.84. The van der Waals surface area contributed by atoms with Crippen LogP contribution in [0.2, 0.25) is 0 Å². The molecule has 11 nitrogen and oxygen atoms in total. The van der Waals surface area contributed by atoms with Crippen LogP contribution in [0.15, 0.2) is 47.6 Å². The van der Waals surface area contributed by atoms with Crippen LogP contribution in [0.4, 0.5) is 0 Å². The van der Waals surface area contributed by atoms with Crippen molar-refractivity contribution >= 4 is 36.9 Å². The van der Waals surface area contributed by atoms with E-state index in [9.17, 15) is 16.8 Å². The highest BCUT2D eigenvalue weighted by atomic mass is 32.2. The summed E-state index contributed by atoms with van der Waals surface area (Å²) in [5.41, 5.74) is 2.35. The van der Waals surface area contributed by atoms with E-state index in [-0.39, 0.29) is 40.3 Å². The molecule has 0 spiro atoms. The average Bonchev–Trinajstić information content (AvgIpc) is 3.65. The first-order valence-corrected chi connectivity index (χ1v) is 16.9. The van der Waals surface area contributed by atoms with Crippen molar-refractivity contribution in [1.82, 2.24) is 28.3 Å². The molecule has 1 unspecified atom stereocenters. The molecule has 40 heavy (non-hydrogen) atoms. The fourth-order valence-corrected chi connectivity index (χ4v) is 9.03. The second-order valence-electron chi connectivity index (χ2n) is 11.0. The Kier molecular flexibility index (Phi) is 7.18. The smallest absolute Gasteiger partial charge is 0.269 e. The van der Waals surface area contributed by atoms with Gasteiger partial charge in [-0.15, -0.1) is 10.2 Å². The van der Waals surface area contributed by atoms with Gasteiger partial charge in [-0.2, -0.15) is 0 Å². The number of fused-ring (bicyclic) bond motifs is 3. The summed E-state index contributed by atoms with van der Waals surface area (Å²) in [6.07, 6.45) is 7.62. The molecule has 1 saturated heterocycles. The number of ether oxygens (including phenoxy) is 1. The number of nitrogens with one attached hydrogen (secondary N) is 1. The van der Waals surface area contributed by atoms with E-state index in [0.717, 1.165) is 31.2 Å². The number of benzene rings is 1. The summed E-state index contributed by atoms with van der Waals surface area (Å²) >= 11 is 0. The molecule has 214 valence electrons. The van der Waals surface area contributed by atoms with Crippen LogP contribution in [0.5, 0.6) is 0 Å². The SMILES string of the molecule is CC[C@@H]1C[C@H](NS(=O)(=O)CC2CCCCO2)C[C@@H]1c1nnc2cnc3c(ccn3S(=O)(=O)c3ccc(C)cc3)n12. The predicted molar refractivity (Wildman–Crippen MR) is 150 cm³/mol. The number of hydrogen-bond donors (Lipinski definition) is 1. The molecule has 1 saturated carbocycles.